The number of nitrogens with one attached hydrogen (secondary N) is 1. The summed E-state index contributed by atoms with van der Waals surface area (Å²) in [6.45, 7) is 6.36. The van der Waals surface area contributed by atoms with E-state index in [1.54, 1.807) is 0 Å². The van der Waals surface area contributed by atoms with Crippen molar-refractivity contribution in [2.75, 3.05) is 0 Å². The van der Waals surface area contributed by atoms with E-state index in [4.69, 9.17) is 9.47 Å². The molecule has 2 aromatic carbocycles. The molecule has 1 atom stereocenters. The Bertz CT molecular complexity index is 640. The second-order valence-corrected chi connectivity index (χ2v) is 5.86. The minimum Gasteiger partial charge on any atom is -0.491 e. The number of benzene rings is 2. The number of ether oxygens (including phenoxy) is 2. The Hall–Kier alpha value is -2.49. The van der Waals surface area contributed by atoms with Crippen LogP contribution in [0.25, 0.3) is 0 Å². The van der Waals surface area contributed by atoms with Gasteiger partial charge >= 0.3 is 0 Å². The van der Waals surface area contributed by atoms with Gasteiger partial charge in [-0.3, -0.25) is 4.79 Å². The molecule has 0 saturated heterocycles. The molecule has 0 radical (unpaired) electrons. The number of hydrogen-bond acceptors (Lipinski definition) is 3. The number of amides is 1. The largest absolute Gasteiger partial charge is 0.491 e. The van der Waals surface area contributed by atoms with E-state index in [0.29, 0.717) is 18.7 Å². The Balaban J connectivity index is 1.91. The molecule has 0 bridgehead atoms. The molecule has 0 spiro atoms. The van der Waals surface area contributed by atoms with Crippen LogP contribution in [-0.2, 0) is 11.3 Å². The lowest BCUT2D eigenvalue weighted by atomic mass is 10.2. The fourth-order valence-corrected chi connectivity index (χ4v) is 2.29. The second-order valence-electron chi connectivity index (χ2n) is 5.86. The monoisotopic (exact) mass is 327 g/mol. The Morgan fingerprint density at radius 2 is 1.71 bits per heavy atom. The molecule has 0 unspecified atom stereocenters. The van der Waals surface area contributed by atoms with Gasteiger partial charge in [-0.15, -0.1) is 0 Å². The van der Waals surface area contributed by atoms with Gasteiger partial charge in [0.15, 0.2) is 6.10 Å². The maximum Gasteiger partial charge on any atom is 0.261 e. The summed E-state index contributed by atoms with van der Waals surface area (Å²) >= 11 is 0. The Kier molecular flexibility index (Phi) is 6.67. The summed E-state index contributed by atoms with van der Waals surface area (Å²) in [6, 6.07) is 17.1. The van der Waals surface area contributed by atoms with E-state index < -0.39 is 6.10 Å². The molecule has 0 aliphatic rings. The molecule has 2 aromatic rings. The van der Waals surface area contributed by atoms with Crippen LogP contribution >= 0.6 is 0 Å². The van der Waals surface area contributed by atoms with Crippen LogP contribution in [0.1, 0.15) is 32.8 Å². The van der Waals surface area contributed by atoms with Crippen molar-refractivity contribution >= 4 is 5.91 Å². The summed E-state index contributed by atoms with van der Waals surface area (Å²) in [4.78, 5) is 12.3. The van der Waals surface area contributed by atoms with Crippen LogP contribution in [-0.4, -0.2) is 18.1 Å². The van der Waals surface area contributed by atoms with Crippen molar-refractivity contribution < 1.29 is 14.3 Å². The van der Waals surface area contributed by atoms with Crippen LogP contribution < -0.4 is 14.8 Å². The van der Waals surface area contributed by atoms with E-state index in [0.717, 1.165) is 11.3 Å². The van der Waals surface area contributed by atoms with Crippen molar-refractivity contribution in [2.24, 2.45) is 0 Å². The lowest BCUT2D eigenvalue weighted by molar-refractivity contribution is -0.128. The van der Waals surface area contributed by atoms with E-state index in [1.165, 1.54) is 0 Å². The smallest absolute Gasteiger partial charge is 0.261 e. The highest BCUT2D eigenvalue weighted by Gasteiger charge is 2.17. The van der Waals surface area contributed by atoms with Crippen molar-refractivity contribution in [1.29, 1.82) is 0 Å². The molecule has 24 heavy (non-hydrogen) atoms. The zero-order chi connectivity index (χ0) is 17.4. The van der Waals surface area contributed by atoms with Crippen LogP contribution in [0.3, 0.4) is 0 Å². The van der Waals surface area contributed by atoms with Gasteiger partial charge in [0.2, 0.25) is 0 Å². The number of carbonyl (C=O) groups is 1. The highest BCUT2D eigenvalue weighted by Crippen LogP contribution is 2.15. The first-order valence-corrected chi connectivity index (χ1v) is 8.33. The third-order valence-electron chi connectivity index (χ3n) is 3.42. The summed E-state index contributed by atoms with van der Waals surface area (Å²) in [5.74, 6) is 1.40. The van der Waals surface area contributed by atoms with Crippen LogP contribution in [0.15, 0.2) is 54.6 Å². The van der Waals surface area contributed by atoms with E-state index >= 15 is 0 Å². The van der Waals surface area contributed by atoms with Crippen molar-refractivity contribution in [3.63, 3.8) is 0 Å². The summed E-state index contributed by atoms with van der Waals surface area (Å²) in [5, 5.41) is 2.93. The summed E-state index contributed by atoms with van der Waals surface area (Å²) in [7, 11) is 0. The first-order chi connectivity index (χ1) is 11.6. The molecule has 0 aromatic heterocycles. The molecule has 1 amide bonds. The Morgan fingerprint density at radius 1 is 1.00 bits per heavy atom. The predicted molar refractivity (Wildman–Crippen MR) is 95.2 cm³/mol. The highest BCUT2D eigenvalue weighted by molar-refractivity contribution is 5.81. The molecule has 4 heteroatoms. The van der Waals surface area contributed by atoms with Gasteiger partial charge in [0.05, 0.1) is 6.10 Å². The fourth-order valence-electron chi connectivity index (χ4n) is 2.29. The van der Waals surface area contributed by atoms with Crippen LogP contribution in [0, 0.1) is 0 Å². The topological polar surface area (TPSA) is 47.6 Å². The molecular weight excluding hydrogens is 302 g/mol. The maximum atomic E-state index is 12.3. The average molecular weight is 327 g/mol. The van der Waals surface area contributed by atoms with E-state index in [-0.39, 0.29) is 12.0 Å². The van der Waals surface area contributed by atoms with Gasteiger partial charge in [-0.2, -0.15) is 0 Å². The average Bonchev–Trinajstić information content (AvgIpc) is 2.58. The molecule has 0 aliphatic heterocycles. The minimum absolute atomic E-state index is 0.114. The standard InChI is InChI=1S/C20H25NO3/c1-4-19(24-17-10-6-5-7-11-17)20(22)21-14-16-9-8-12-18(13-16)23-15(2)3/h5-13,15,19H,4,14H2,1-3H3,(H,21,22)/t19-/m1/s1. The molecule has 1 N–H and O–H groups in total. The Labute approximate surface area is 143 Å². The van der Waals surface area contributed by atoms with E-state index in [9.17, 15) is 4.79 Å². The van der Waals surface area contributed by atoms with Gasteiger partial charge in [0.1, 0.15) is 11.5 Å². The molecule has 0 fully saturated rings. The third kappa shape index (κ3) is 5.61. The number of hydrogen-bond donors (Lipinski definition) is 1. The lowest BCUT2D eigenvalue weighted by Gasteiger charge is -2.17. The normalized spacial score (nSPS) is 11.8. The first-order valence-electron chi connectivity index (χ1n) is 8.33. The van der Waals surface area contributed by atoms with Crippen LogP contribution in [0.5, 0.6) is 11.5 Å². The summed E-state index contributed by atoms with van der Waals surface area (Å²) in [6.07, 6.45) is 0.234. The second kappa shape index (κ2) is 8.96. The quantitative estimate of drug-likeness (QED) is 0.798. The zero-order valence-electron chi connectivity index (χ0n) is 14.5. The van der Waals surface area contributed by atoms with Crippen molar-refractivity contribution in [3.05, 3.63) is 60.2 Å². The van der Waals surface area contributed by atoms with Crippen molar-refractivity contribution in [1.82, 2.24) is 5.32 Å². The van der Waals surface area contributed by atoms with Gasteiger partial charge < -0.3 is 14.8 Å². The molecule has 0 saturated carbocycles. The predicted octanol–water partition coefficient (Wildman–Crippen LogP) is 3.95. The summed E-state index contributed by atoms with van der Waals surface area (Å²) < 4.78 is 11.4. The maximum absolute atomic E-state index is 12.3. The fraction of sp³-hybridized carbons (Fsp3) is 0.350. The molecule has 2 rings (SSSR count). The van der Waals surface area contributed by atoms with E-state index in [1.807, 2.05) is 75.4 Å². The molecule has 4 nitrogen and oxygen atoms in total. The lowest BCUT2D eigenvalue weighted by Crippen LogP contribution is -2.37. The highest BCUT2D eigenvalue weighted by atomic mass is 16.5. The first kappa shape index (κ1) is 17.9. The van der Waals surface area contributed by atoms with Crippen LogP contribution in [0.4, 0.5) is 0 Å². The summed E-state index contributed by atoms with van der Waals surface area (Å²) in [5.41, 5.74) is 0.996. The van der Waals surface area contributed by atoms with Crippen molar-refractivity contribution in [3.8, 4) is 11.5 Å². The van der Waals surface area contributed by atoms with Gasteiger partial charge in [-0.1, -0.05) is 37.3 Å². The van der Waals surface area contributed by atoms with E-state index in [2.05, 4.69) is 5.32 Å². The molecule has 128 valence electrons. The van der Waals surface area contributed by atoms with Gasteiger partial charge in [-0.25, -0.2) is 0 Å². The van der Waals surface area contributed by atoms with Crippen LogP contribution in [0.2, 0.25) is 0 Å². The Morgan fingerprint density at radius 3 is 2.38 bits per heavy atom. The zero-order valence-corrected chi connectivity index (χ0v) is 14.5. The number of rotatable bonds is 8. The van der Waals surface area contributed by atoms with Gasteiger partial charge in [0.25, 0.3) is 5.91 Å². The molecule has 0 heterocycles. The molecule has 0 aliphatic carbocycles. The molecular formula is C20H25NO3. The SMILES string of the molecule is CC[C@@H](Oc1ccccc1)C(=O)NCc1cccc(OC(C)C)c1. The van der Waals surface area contributed by atoms with Crippen molar-refractivity contribution in [2.45, 2.75) is 45.9 Å². The van der Waals surface area contributed by atoms with Gasteiger partial charge in [-0.05, 0) is 50.1 Å². The number of carbonyl (C=O) groups excluding carboxylic acids is 1. The van der Waals surface area contributed by atoms with Gasteiger partial charge in [0, 0.05) is 6.54 Å². The third-order valence-corrected chi connectivity index (χ3v) is 3.42. The number of para-hydroxylation sites is 1. The minimum atomic E-state index is -0.498.